The Hall–Kier alpha value is -1.27. The molecule has 0 amide bonds. The van der Waals surface area contributed by atoms with Gasteiger partial charge in [-0.15, -0.1) is 0 Å². The van der Waals surface area contributed by atoms with E-state index in [0.29, 0.717) is 5.03 Å². The van der Waals surface area contributed by atoms with Gasteiger partial charge in [-0.3, -0.25) is 0 Å². The molecule has 1 heteroatoms. The highest BCUT2D eigenvalue weighted by molar-refractivity contribution is 6.31. The van der Waals surface area contributed by atoms with Crippen molar-refractivity contribution >= 4 is 17.2 Å². The second-order valence-corrected chi connectivity index (χ2v) is 3.96. The lowest BCUT2D eigenvalue weighted by molar-refractivity contribution is 1.14. The van der Waals surface area contributed by atoms with Crippen molar-refractivity contribution in [3.63, 3.8) is 0 Å². The maximum Gasteiger partial charge on any atom is 0.0406 e. The van der Waals surface area contributed by atoms with Gasteiger partial charge in [0, 0.05) is 5.03 Å². The van der Waals surface area contributed by atoms with Crippen LogP contribution in [0.4, 0.5) is 0 Å². The Bertz CT molecular complexity index is 408. The lowest BCUT2D eigenvalue weighted by Crippen LogP contribution is -1.84. The van der Waals surface area contributed by atoms with Gasteiger partial charge in [0.2, 0.25) is 0 Å². The maximum atomic E-state index is 5.95. The number of rotatable bonds is 4. The number of allylic oxidation sites excluding steroid dienone is 5. The van der Waals surface area contributed by atoms with Gasteiger partial charge in [0.15, 0.2) is 0 Å². The minimum atomic E-state index is 0.660. The topological polar surface area (TPSA) is 0 Å². The molecular formula is C15H17Cl. The molecule has 1 rings (SSSR count). The molecule has 16 heavy (non-hydrogen) atoms. The summed E-state index contributed by atoms with van der Waals surface area (Å²) in [5.74, 6) is 0. The lowest BCUT2D eigenvalue weighted by Gasteiger charge is -2.04. The molecule has 0 aliphatic rings. The van der Waals surface area contributed by atoms with Gasteiger partial charge < -0.3 is 0 Å². The van der Waals surface area contributed by atoms with Crippen molar-refractivity contribution in [3.05, 3.63) is 65.2 Å². The quantitative estimate of drug-likeness (QED) is 0.644. The first-order chi connectivity index (χ1) is 7.71. The third kappa shape index (κ3) is 3.39. The highest BCUT2D eigenvalue weighted by Gasteiger charge is 1.98. The van der Waals surface area contributed by atoms with E-state index in [0.717, 1.165) is 12.0 Å². The zero-order valence-corrected chi connectivity index (χ0v) is 10.6. The predicted molar refractivity (Wildman–Crippen MR) is 73.6 cm³/mol. The van der Waals surface area contributed by atoms with Crippen molar-refractivity contribution in [2.45, 2.75) is 20.3 Å². The largest absolute Gasteiger partial charge is 0.0976 e. The van der Waals surface area contributed by atoms with E-state index in [-0.39, 0.29) is 0 Å². The maximum absolute atomic E-state index is 5.95. The molecule has 1 aromatic rings. The summed E-state index contributed by atoms with van der Waals surface area (Å²) in [4.78, 5) is 0. The minimum absolute atomic E-state index is 0.660. The van der Waals surface area contributed by atoms with Crippen LogP contribution in [0.3, 0.4) is 0 Å². The highest BCUT2D eigenvalue weighted by atomic mass is 35.5. The summed E-state index contributed by atoms with van der Waals surface area (Å²) in [5.41, 5.74) is 3.64. The fraction of sp³-hybridized carbons (Fsp3) is 0.200. The van der Waals surface area contributed by atoms with Crippen molar-refractivity contribution in [1.29, 1.82) is 0 Å². The van der Waals surface area contributed by atoms with Crippen molar-refractivity contribution < 1.29 is 0 Å². The van der Waals surface area contributed by atoms with Crippen molar-refractivity contribution in [2.24, 2.45) is 0 Å². The monoisotopic (exact) mass is 232 g/mol. The standard InChI is InChI=1S/C15H17Cl/c1-4-12-7-9-14(10-8-12)13(5-2)11-15(16)6-3/h5-11H,3-4H2,1-2H3/b13-5+,15-11+. The Morgan fingerprint density at radius 2 is 1.94 bits per heavy atom. The minimum Gasteiger partial charge on any atom is -0.0976 e. The Morgan fingerprint density at radius 3 is 2.38 bits per heavy atom. The Balaban J connectivity index is 3.01. The molecule has 0 atom stereocenters. The summed E-state index contributed by atoms with van der Waals surface area (Å²) in [6.07, 6.45) is 6.68. The van der Waals surface area contributed by atoms with Gasteiger partial charge >= 0.3 is 0 Å². The van der Waals surface area contributed by atoms with Crippen LogP contribution >= 0.6 is 11.6 Å². The van der Waals surface area contributed by atoms with Crippen LogP contribution in [0.1, 0.15) is 25.0 Å². The molecule has 0 saturated carbocycles. The average Bonchev–Trinajstić information content (AvgIpc) is 2.35. The van der Waals surface area contributed by atoms with E-state index in [1.54, 1.807) is 6.08 Å². The van der Waals surface area contributed by atoms with Gasteiger partial charge in [0.1, 0.15) is 0 Å². The van der Waals surface area contributed by atoms with Gasteiger partial charge in [-0.1, -0.05) is 61.5 Å². The van der Waals surface area contributed by atoms with Crippen LogP contribution in [0.15, 0.2) is 54.1 Å². The van der Waals surface area contributed by atoms with E-state index in [9.17, 15) is 0 Å². The zero-order valence-electron chi connectivity index (χ0n) is 9.83. The summed E-state index contributed by atoms with van der Waals surface area (Å²) in [7, 11) is 0. The molecular weight excluding hydrogens is 216 g/mol. The van der Waals surface area contributed by atoms with E-state index in [1.807, 2.05) is 19.1 Å². The fourth-order valence-electron chi connectivity index (χ4n) is 1.47. The number of hydrogen-bond donors (Lipinski definition) is 0. The van der Waals surface area contributed by atoms with Crippen molar-refractivity contribution in [1.82, 2.24) is 0 Å². The van der Waals surface area contributed by atoms with Crippen LogP contribution < -0.4 is 0 Å². The van der Waals surface area contributed by atoms with E-state index in [4.69, 9.17) is 11.6 Å². The van der Waals surface area contributed by atoms with Gasteiger partial charge in [-0.05, 0) is 36.1 Å². The molecule has 0 N–H and O–H groups in total. The first kappa shape index (κ1) is 12.8. The first-order valence-corrected chi connectivity index (χ1v) is 5.84. The van der Waals surface area contributed by atoms with Crippen LogP contribution in [0.5, 0.6) is 0 Å². The number of benzene rings is 1. The molecule has 0 aliphatic carbocycles. The fourth-order valence-corrected chi connectivity index (χ4v) is 1.59. The zero-order chi connectivity index (χ0) is 12.0. The van der Waals surface area contributed by atoms with Gasteiger partial charge in [0.25, 0.3) is 0 Å². The third-order valence-corrected chi connectivity index (χ3v) is 2.76. The first-order valence-electron chi connectivity index (χ1n) is 5.46. The summed E-state index contributed by atoms with van der Waals surface area (Å²) in [6, 6.07) is 8.54. The molecule has 84 valence electrons. The number of halogens is 1. The highest BCUT2D eigenvalue weighted by Crippen LogP contribution is 2.20. The molecule has 0 heterocycles. The second kappa shape index (κ2) is 6.34. The van der Waals surface area contributed by atoms with Gasteiger partial charge in [0.05, 0.1) is 0 Å². The molecule has 0 nitrogen and oxygen atoms in total. The van der Waals surface area contributed by atoms with Crippen LogP contribution in [-0.2, 0) is 6.42 Å². The molecule has 1 aromatic carbocycles. The van der Waals surface area contributed by atoms with Crippen LogP contribution in [-0.4, -0.2) is 0 Å². The van der Waals surface area contributed by atoms with Crippen LogP contribution in [0.2, 0.25) is 0 Å². The SMILES string of the molecule is C=C/C(Cl)=C\C(=C/C)c1ccc(CC)cc1. The smallest absolute Gasteiger partial charge is 0.0406 e. The Kier molecular flexibility index (Phi) is 5.07. The van der Waals surface area contributed by atoms with E-state index < -0.39 is 0 Å². The summed E-state index contributed by atoms with van der Waals surface area (Å²) in [6.45, 7) is 7.80. The number of aryl methyl sites for hydroxylation is 1. The molecule has 0 unspecified atom stereocenters. The molecule has 0 fully saturated rings. The normalized spacial score (nSPS) is 12.7. The van der Waals surface area contributed by atoms with E-state index in [1.165, 1.54) is 11.1 Å². The average molecular weight is 233 g/mol. The number of hydrogen-bond acceptors (Lipinski definition) is 0. The third-order valence-electron chi connectivity index (χ3n) is 2.49. The Labute approximate surface area is 103 Å². The lowest BCUT2D eigenvalue weighted by atomic mass is 10.0. The van der Waals surface area contributed by atoms with Crippen molar-refractivity contribution in [2.75, 3.05) is 0 Å². The van der Waals surface area contributed by atoms with Gasteiger partial charge in [-0.25, -0.2) is 0 Å². The van der Waals surface area contributed by atoms with Crippen LogP contribution in [0.25, 0.3) is 5.57 Å². The summed E-state index contributed by atoms with van der Waals surface area (Å²) < 4.78 is 0. The Morgan fingerprint density at radius 1 is 1.31 bits per heavy atom. The van der Waals surface area contributed by atoms with Crippen molar-refractivity contribution in [3.8, 4) is 0 Å². The molecule has 0 spiro atoms. The van der Waals surface area contributed by atoms with Gasteiger partial charge in [-0.2, -0.15) is 0 Å². The summed E-state index contributed by atoms with van der Waals surface area (Å²) in [5, 5.41) is 0.660. The summed E-state index contributed by atoms with van der Waals surface area (Å²) >= 11 is 5.95. The molecule has 0 aliphatic heterocycles. The molecule has 0 aromatic heterocycles. The second-order valence-electron chi connectivity index (χ2n) is 3.53. The molecule has 0 bridgehead atoms. The van der Waals surface area contributed by atoms with Crippen LogP contribution in [0, 0.1) is 0 Å². The van der Waals surface area contributed by atoms with E-state index >= 15 is 0 Å². The molecule has 0 saturated heterocycles. The van der Waals surface area contributed by atoms with E-state index in [2.05, 4.69) is 37.8 Å². The molecule has 0 radical (unpaired) electrons. The predicted octanol–water partition coefficient (Wildman–Crippen LogP) is 4.96.